The summed E-state index contributed by atoms with van der Waals surface area (Å²) in [6.45, 7) is 1.59. The number of ether oxygens (including phenoxy) is 1. The maximum Gasteiger partial charge on any atom is 0.376 e. The highest BCUT2D eigenvalue weighted by atomic mass is 32.2. The van der Waals surface area contributed by atoms with Crippen LogP contribution in [-0.2, 0) is 4.74 Å². The quantitative estimate of drug-likeness (QED) is 0.353. The molecule has 1 aromatic rings. The van der Waals surface area contributed by atoms with E-state index >= 15 is 0 Å². The molecule has 86 valence electrons. The number of anilines is 1. The van der Waals surface area contributed by atoms with Crippen LogP contribution in [0.2, 0.25) is 0 Å². The number of rotatable bonds is 3. The Balaban J connectivity index is 3.37. The van der Waals surface area contributed by atoms with Crippen molar-refractivity contribution in [2.75, 3.05) is 19.1 Å². The topological polar surface area (TPSA) is 102 Å². The Morgan fingerprint density at radius 2 is 2.12 bits per heavy atom. The van der Waals surface area contributed by atoms with Gasteiger partial charge in [-0.25, -0.2) is 14.8 Å². The zero-order valence-corrected chi connectivity index (χ0v) is 10.0. The van der Waals surface area contributed by atoms with E-state index in [2.05, 4.69) is 14.7 Å². The fraction of sp³-hybridized carbons (Fsp3) is 0.333. The van der Waals surface area contributed by atoms with E-state index in [1.165, 1.54) is 18.9 Å². The van der Waals surface area contributed by atoms with Crippen molar-refractivity contribution < 1.29 is 9.53 Å². The van der Waals surface area contributed by atoms with E-state index in [1.54, 1.807) is 13.2 Å². The average Bonchev–Trinajstić information content (AvgIpc) is 2.26. The Kier molecular flexibility index (Phi) is 3.83. The number of hydrogen-bond donors (Lipinski definition) is 2. The first kappa shape index (κ1) is 12.4. The van der Waals surface area contributed by atoms with Gasteiger partial charge in [-0.15, -0.1) is 11.8 Å². The minimum atomic E-state index is -0.642. The Labute approximate surface area is 97.1 Å². The van der Waals surface area contributed by atoms with Crippen LogP contribution >= 0.6 is 11.8 Å². The molecule has 0 fully saturated rings. The summed E-state index contributed by atoms with van der Waals surface area (Å²) in [5, 5.41) is 8.05. The zero-order valence-electron chi connectivity index (χ0n) is 9.20. The van der Waals surface area contributed by atoms with Crippen LogP contribution < -0.4 is 5.73 Å². The summed E-state index contributed by atoms with van der Waals surface area (Å²) in [4.78, 5) is 19.1. The number of carbonyl (C=O) groups excluding carboxylic acids is 1. The SMILES string of the molecule is COC(=O)c1nc(N)c(C(C)=N)c(SC)n1. The molecule has 7 heteroatoms. The lowest BCUT2D eigenvalue weighted by Gasteiger charge is -2.09. The minimum absolute atomic E-state index is 0.0886. The van der Waals surface area contributed by atoms with E-state index in [0.717, 1.165) is 0 Å². The fourth-order valence-electron chi connectivity index (χ4n) is 1.14. The van der Waals surface area contributed by atoms with E-state index in [4.69, 9.17) is 11.1 Å². The van der Waals surface area contributed by atoms with Gasteiger partial charge in [-0.1, -0.05) is 0 Å². The Morgan fingerprint density at radius 3 is 2.56 bits per heavy atom. The van der Waals surface area contributed by atoms with Crippen molar-refractivity contribution in [3.8, 4) is 0 Å². The average molecular weight is 240 g/mol. The molecule has 0 unspecified atom stereocenters. The van der Waals surface area contributed by atoms with Gasteiger partial charge in [0.05, 0.1) is 12.7 Å². The van der Waals surface area contributed by atoms with Crippen LogP contribution in [0.25, 0.3) is 0 Å². The van der Waals surface area contributed by atoms with E-state index in [0.29, 0.717) is 10.6 Å². The number of nitrogen functional groups attached to an aromatic ring is 1. The highest BCUT2D eigenvalue weighted by molar-refractivity contribution is 7.98. The first-order valence-corrected chi connectivity index (χ1v) is 5.59. The van der Waals surface area contributed by atoms with Gasteiger partial charge in [0.25, 0.3) is 0 Å². The van der Waals surface area contributed by atoms with Gasteiger partial charge in [0.1, 0.15) is 10.8 Å². The third-order valence-electron chi connectivity index (χ3n) is 1.84. The number of thioether (sulfide) groups is 1. The van der Waals surface area contributed by atoms with Crippen molar-refractivity contribution in [2.45, 2.75) is 11.9 Å². The van der Waals surface area contributed by atoms with Gasteiger partial charge in [0.2, 0.25) is 5.82 Å². The number of carbonyl (C=O) groups is 1. The number of nitrogens with one attached hydrogen (secondary N) is 1. The van der Waals surface area contributed by atoms with Crippen LogP contribution in [0.1, 0.15) is 23.1 Å². The summed E-state index contributed by atoms with van der Waals surface area (Å²) < 4.78 is 4.51. The number of methoxy groups -OCH3 is 1. The molecule has 1 heterocycles. The number of nitrogens with two attached hydrogens (primary N) is 1. The van der Waals surface area contributed by atoms with Crippen LogP contribution in [0, 0.1) is 5.41 Å². The maximum absolute atomic E-state index is 11.2. The van der Waals surface area contributed by atoms with Gasteiger partial charge < -0.3 is 15.9 Å². The molecule has 0 aromatic carbocycles. The smallest absolute Gasteiger partial charge is 0.376 e. The summed E-state index contributed by atoms with van der Waals surface area (Å²) >= 11 is 1.30. The lowest BCUT2D eigenvalue weighted by atomic mass is 10.2. The molecule has 1 aromatic heterocycles. The molecular formula is C9H12N4O2S. The van der Waals surface area contributed by atoms with E-state index in [9.17, 15) is 4.79 Å². The van der Waals surface area contributed by atoms with Crippen molar-refractivity contribution in [1.82, 2.24) is 9.97 Å². The molecule has 3 N–H and O–H groups in total. The lowest BCUT2D eigenvalue weighted by Crippen LogP contribution is -2.14. The Morgan fingerprint density at radius 1 is 1.50 bits per heavy atom. The standard InChI is InChI=1S/C9H12N4O2S/c1-4(10)5-6(11)12-7(9(14)15-2)13-8(5)16-3/h10H,1-3H3,(H2,11,12,13). The van der Waals surface area contributed by atoms with Gasteiger partial charge in [-0.2, -0.15) is 0 Å². The first-order valence-electron chi connectivity index (χ1n) is 4.36. The van der Waals surface area contributed by atoms with Crippen LogP contribution in [0.5, 0.6) is 0 Å². The second-order valence-corrected chi connectivity index (χ2v) is 3.73. The summed E-state index contributed by atoms with van der Waals surface area (Å²) in [6.07, 6.45) is 1.79. The first-order chi connectivity index (χ1) is 7.51. The molecule has 0 aliphatic carbocycles. The third kappa shape index (κ3) is 2.30. The van der Waals surface area contributed by atoms with Crippen LogP contribution in [0.4, 0.5) is 5.82 Å². The van der Waals surface area contributed by atoms with E-state index in [-0.39, 0.29) is 17.4 Å². The van der Waals surface area contributed by atoms with Crippen LogP contribution in [0.15, 0.2) is 5.03 Å². The largest absolute Gasteiger partial charge is 0.463 e. The summed E-state index contributed by atoms with van der Waals surface area (Å²) in [7, 11) is 1.25. The van der Waals surface area contributed by atoms with E-state index < -0.39 is 5.97 Å². The van der Waals surface area contributed by atoms with Gasteiger partial charge in [-0.3, -0.25) is 0 Å². The van der Waals surface area contributed by atoms with Crippen molar-refractivity contribution in [3.63, 3.8) is 0 Å². The molecule has 0 amide bonds. The summed E-state index contributed by atoms with van der Waals surface area (Å²) in [5.74, 6) is -0.613. The molecule has 0 aliphatic heterocycles. The zero-order chi connectivity index (χ0) is 12.3. The predicted octanol–water partition coefficient (Wildman–Crippen LogP) is 0.955. The van der Waals surface area contributed by atoms with Crippen molar-refractivity contribution in [1.29, 1.82) is 5.41 Å². The molecule has 0 saturated carbocycles. The minimum Gasteiger partial charge on any atom is -0.463 e. The molecule has 0 saturated heterocycles. The summed E-state index contributed by atoms with van der Waals surface area (Å²) in [6, 6.07) is 0. The van der Waals surface area contributed by atoms with E-state index in [1.807, 2.05) is 0 Å². The second kappa shape index (κ2) is 4.93. The monoisotopic (exact) mass is 240 g/mol. The third-order valence-corrected chi connectivity index (χ3v) is 2.52. The number of esters is 1. The van der Waals surface area contributed by atoms with Crippen LogP contribution in [-0.4, -0.2) is 35.0 Å². The van der Waals surface area contributed by atoms with Gasteiger partial charge in [0.15, 0.2) is 0 Å². The fourth-order valence-corrected chi connectivity index (χ4v) is 1.78. The number of hydrogen-bond acceptors (Lipinski definition) is 7. The van der Waals surface area contributed by atoms with Gasteiger partial charge >= 0.3 is 5.97 Å². The molecule has 0 aliphatic rings. The molecule has 16 heavy (non-hydrogen) atoms. The van der Waals surface area contributed by atoms with Crippen molar-refractivity contribution in [3.05, 3.63) is 11.4 Å². The Bertz CT molecular complexity index is 447. The van der Waals surface area contributed by atoms with Crippen LogP contribution in [0.3, 0.4) is 0 Å². The second-order valence-electron chi connectivity index (χ2n) is 2.93. The van der Waals surface area contributed by atoms with Gasteiger partial charge in [-0.05, 0) is 13.2 Å². The maximum atomic E-state index is 11.2. The molecule has 0 spiro atoms. The Hall–Kier alpha value is -1.63. The summed E-state index contributed by atoms with van der Waals surface area (Å²) in [5.41, 5.74) is 6.40. The highest BCUT2D eigenvalue weighted by Crippen LogP contribution is 2.22. The van der Waals surface area contributed by atoms with Gasteiger partial charge in [0, 0.05) is 5.71 Å². The number of aromatic nitrogens is 2. The molecule has 1 rings (SSSR count). The molecule has 0 atom stereocenters. The molecule has 6 nitrogen and oxygen atoms in total. The molecule has 0 radical (unpaired) electrons. The molecule has 0 bridgehead atoms. The molecular weight excluding hydrogens is 228 g/mol. The normalized spacial score (nSPS) is 9.94. The highest BCUT2D eigenvalue weighted by Gasteiger charge is 2.17. The van der Waals surface area contributed by atoms with Crippen molar-refractivity contribution in [2.24, 2.45) is 0 Å². The lowest BCUT2D eigenvalue weighted by molar-refractivity contribution is 0.0586. The number of nitrogens with zero attached hydrogens (tertiary/aromatic N) is 2. The predicted molar refractivity (Wildman–Crippen MR) is 62.1 cm³/mol. The van der Waals surface area contributed by atoms with Crippen molar-refractivity contribution >= 4 is 29.3 Å².